The van der Waals surface area contributed by atoms with E-state index < -0.39 is 0 Å². The fraction of sp³-hybridized carbons (Fsp3) is 0.130. The Morgan fingerprint density at radius 2 is 1.43 bits per heavy atom. The SMILES string of the molecule is Cc1cc(C)cc(NC(=O)c2cccc(C(=O)NCc3ccc(F)cc3)c2)c1. The first kappa shape index (κ1) is 19.3. The molecule has 0 heterocycles. The molecule has 0 aromatic heterocycles. The van der Waals surface area contributed by atoms with Gasteiger partial charge in [-0.05, 0) is 73.0 Å². The summed E-state index contributed by atoms with van der Waals surface area (Å²) in [5.41, 5.74) is 4.41. The predicted molar refractivity (Wildman–Crippen MR) is 108 cm³/mol. The highest BCUT2D eigenvalue weighted by Crippen LogP contribution is 2.15. The second-order valence-electron chi connectivity index (χ2n) is 6.72. The van der Waals surface area contributed by atoms with E-state index in [0.29, 0.717) is 16.8 Å². The molecular weight excluding hydrogens is 355 g/mol. The van der Waals surface area contributed by atoms with Gasteiger partial charge in [0.2, 0.25) is 0 Å². The first-order valence-electron chi connectivity index (χ1n) is 8.93. The van der Waals surface area contributed by atoms with E-state index in [0.717, 1.165) is 16.7 Å². The zero-order chi connectivity index (χ0) is 20.1. The Labute approximate surface area is 163 Å². The van der Waals surface area contributed by atoms with Crippen LogP contribution >= 0.6 is 0 Å². The summed E-state index contributed by atoms with van der Waals surface area (Å²) in [4.78, 5) is 24.9. The van der Waals surface area contributed by atoms with E-state index in [1.54, 1.807) is 36.4 Å². The second-order valence-corrected chi connectivity index (χ2v) is 6.72. The monoisotopic (exact) mass is 376 g/mol. The first-order valence-corrected chi connectivity index (χ1v) is 8.93. The predicted octanol–water partition coefficient (Wildman–Crippen LogP) is 4.62. The molecule has 0 spiro atoms. The van der Waals surface area contributed by atoms with Crippen LogP contribution in [0, 0.1) is 19.7 Å². The zero-order valence-corrected chi connectivity index (χ0v) is 15.8. The van der Waals surface area contributed by atoms with Crippen LogP contribution < -0.4 is 10.6 Å². The average molecular weight is 376 g/mol. The molecule has 3 aromatic rings. The number of carbonyl (C=O) groups excluding carboxylic acids is 2. The smallest absolute Gasteiger partial charge is 0.255 e. The topological polar surface area (TPSA) is 58.2 Å². The van der Waals surface area contributed by atoms with Crippen molar-refractivity contribution in [2.45, 2.75) is 20.4 Å². The maximum absolute atomic E-state index is 12.9. The van der Waals surface area contributed by atoms with Crippen molar-refractivity contribution in [3.05, 3.63) is 100 Å². The highest BCUT2D eigenvalue weighted by atomic mass is 19.1. The Bertz CT molecular complexity index is 993. The molecule has 3 rings (SSSR count). The second kappa shape index (κ2) is 8.48. The van der Waals surface area contributed by atoms with Crippen molar-refractivity contribution in [1.82, 2.24) is 5.32 Å². The van der Waals surface area contributed by atoms with Crippen LogP contribution in [0.4, 0.5) is 10.1 Å². The van der Waals surface area contributed by atoms with Gasteiger partial charge in [-0.25, -0.2) is 4.39 Å². The van der Waals surface area contributed by atoms with E-state index in [2.05, 4.69) is 10.6 Å². The van der Waals surface area contributed by atoms with Crippen LogP contribution in [0.3, 0.4) is 0 Å². The molecule has 0 saturated heterocycles. The minimum atomic E-state index is -0.322. The van der Waals surface area contributed by atoms with E-state index in [4.69, 9.17) is 0 Å². The molecule has 142 valence electrons. The number of amides is 2. The molecular formula is C23H21FN2O2. The number of aryl methyl sites for hydroxylation is 2. The molecule has 0 atom stereocenters. The van der Waals surface area contributed by atoms with Gasteiger partial charge in [0, 0.05) is 23.4 Å². The number of rotatable bonds is 5. The third-order valence-electron chi connectivity index (χ3n) is 4.23. The Morgan fingerprint density at radius 1 is 0.821 bits per heavy atom. The zero-order valence-electron chi connectivity index (χ0n) is 15.8. The maximum Gasteiger partial charge on any atom is 0.255 e. The molecule has 0 aliphatic heterocycles. The van der Waals surface area contributed by atoms with E-state index in [1.807, 2.05) is 32.0 Å². The van der Waals surface area contributed by atoms with Gasteiger partial charge < -0.3 is 10.6 Å². The molecule has 0 unspecified atom stereocenters. The fourth-order valence-electron chi connectivity index (χ4n) is 2.94. The summed E-state index contributed by atoms with van der Waals surface area (Å²) >= 11 is 0. The quantitative estimate of drug-likeness (QED) is 0.682. The number of hydrogen-bond acceptors (Lipinski definition) is 2. The molecule has 0 aliphatic carbocycles. The average Bonchev–Trinajstić information content (AvgIpc) is 2.66. The van der Waals surface area contributed by atoms with Crippen LogP contribution in [-0.4, -0.2) is 11.8 Å². The lowest BCUT2D eigenvalue weighted by atomic mass is 10.1. The number of halogens is 1. The molecule has 4 nitrogen and oxygen atoms in total. The molecule has 28 heavy (non-hydrogen) atoms. The molecule has 0 radical (unpaired) electrons. The molecule has 2 amide bonds. The van der Waals surface area contributed by atoms with Crippen molar-refractivity contribution in [3.63, 3.8) is 0 Å². The Kier molecular flexibility index (Phi) is 5.84. The Hall–Kier alpha value is -3.47. The molecule has 2 N–H and O–H groups in total. The fourth-order valence-corrected chi connectivity index (χ4v) is 2.94. The summed E-state index contributed by atoms with van der Waals surface area (Å²) in [6.45, 7) is 4.21. The van der Waals surface area contributed by atoms with Crippen molar-refractivity contribution < 1.29 is 14.0 Å². The summed E-state index contributed by atoms with van der Waals surface area (Å²) in [6, 6.07) is 18.3. The van der Waals surface area contributed by atoms with Gasteiger partial charge in [0.1, 0.15) is 5.82 Å². The summed E-state index contributed by atoms with van der Waals surface area (Å²) < 4.78 is 12.9. The molecule has 0 aliphatic rings. The van der Waals surface area contributed by atoms with Gasteiger partial charge in [-0.1, -0.05) is 24.3 Å². The number of hydrogen-bond donors (Lipinski definition) is 2. The van der Waals surface area contributed by atoms with Gasteiger partial charge in [0.15, 0.2) is 0 Å². The lowest BCUT2D eigenvalue weighted by Crippen LogP contribution is -2.23. The Balaban J connectivity index is 1.67. The summed E-state index contributed by atoms with van der Waals surface area (Å²) in [5, 5.41) is 5.64. The largest absolute Gasteiger partial charge is 0.348 e. The van der Waals surface area contributed by atoms with Gasteiger partial charge in [0.05, 0.1) is 0 Å². The van der Waals surface area contributed by atoms with Crippen LogP contribution in [0.2, 0.25) is 0 Å². The van der Waals surface area contributed by atoms with E-state index in [1.165, 1.54) is 12.1 Å². The van der Waals surface area contributed by atoms with Crippen molar-refractivity contribution in [2.75, 3.05) is 5.32 Å². The number of carbonyl (C=O) groups is 2. The van der Waals surface area contributed by atoms with Crippen molar-refractivity contribution >= 4 is 17.5 Å². The van der Waals surface area contributed by atoms with Gasteiger partial charge in [0.25, 0.3) is 11.8 Å². The van der Waals surface area contributed by atoms with Crippen molar-refractivity contribution in [2.24, 2.45) is 0 Å². The highest BCUT2D eigenvalue weighted by Gasteiger charge is 2.11. The molecule has 3 aromatic carbocycles. The molecule has 0 fully saturated rings. The van der Waals surface area contributed by atoms with Gasteiger partial charge in [-0.3, -0.25) is 9.59 Å². The van der Waals surface area contributed by atoms with Crippen molar-refractivity contribution in [3.8, 4) is 0 Å². The minimum absolute atomic E-state index is 0.276. The van der Waals surface area contributed by atoms with E-state index in [9.17, 15) is 14.0 Å². The lowest BCUT2D eigenvalue weighted by molar-refractivity contribution is 0.0951. The number of benzene rings is 3. The number of nitrogens with one attached hydrogen (secondary N) is 2. The van der Waals surface area contributed by atoms with E-state index in [-0.39, 0.29) is 24.2 Å². The number of anilines is 1. The van der Waals surface area contributed by atoms with Gasteiger partial charge in [-0.15, -0.1) is 0 Å². The van der Waals surface area contributed by atoms with Crippen molar-refractivity contribution in [1.29, 1.82) is 0 Å². The first-order chi connectivity index (χ1) is 13.4. The standard InChI is InChI=1S/C23H21FN2O2/c1-15-10-16(2)12-21(11-15)26-23(28)19-5-3-4-18(13-19)22(27)25-14-17-6-8-20(24)9-7-17/h3-13H,14H2,1-2H3,(H,25,27)(H,26,28). The minimum Gasteiger partial charge on any atom is -0.348 e. The highest BCUT2D eigenvalue weighted by molar-refractivity contribution is 6.06. The van der Waals surface area contributed by atoms with Crippen LogP contribution in [0.15, 0.2) is 66.7 Å². The lowest BCUT2D eigenvalue weighted by Gasteiger charge is -2.09. The van der Waals surface area contributed by atoms with Crippen LogP contribution in [-0.2, 0) is 6.54 Å². The van der Waals surface area contributed by atoms with Crippen LogP contribution in [0.5, 0.6) is 0 Å². The molecule has 5 heteroatoms. The maximum atomic E-state index is 12.9. The summed E-state index contributed by atoms with van der Waals surface area (Å²) in [5.74, 6) is -0.902. The third-order valence-corrected chi connectivity index (χ3v) is 4.23. The summed E-state index contributed by atoms with van der Waals surface area (Å²) in [7, 11) is 0. The van der Waals surface area contributed by atoms with Crippen LogP contribution in [0.1, 0.15) is 37.4 Å². The third kappa shape index (κ3) is 5.04. The molecule has 0 bridgehead atoms. The van der Waals surface area contributed by atoms with Crippen LogP contribution in [0.25, 0.3) is 0 Å². The Morgan fingerprint density at radius 3 is 2.07 bits per heavy atom. The van der Waals surface area contributed by atoms with E-state index >= 15 is 0 Å². The normalized spacial score (nSPS) is 10.4. The summed E-state index contributed by atoms with van der Waals surface area (Å²) in [6.07, 6.45) is 0. The molecule has 0 saturated carbocycles. The van der Waals surface area contributed by atoms with Gasteiger partial charge >= 0.3 is 0 Å². The van der Waals surface area contributed by atoms with Gasteiger partial charge in [-0.2, -0.15) is 0 Å².